The van der Waals surface area contributed by atoms with Crippen LogP contribution in [0.25, 0.3) is 0 Å². The highest BCUT2D eigenvalue weighted by Gasteiger charge is 2.12. The van der Waals surface area contributed by atoms with Crippen molar-refractivity contribution in [2.75, 3.05) is 0 Å². The Balaban J connectivity index is 2.37. The van der Waals surface area contributed by atoms with E-state index in [1.807, 2.05) is 12.1 Å². The van der Waals surface area contributed by atoms with Crippen LogP contribution in [0.3, 0.4) is 0 Å². The summed E-state index contributed by atoms with van der Waals surface area (Å²) in [5.41, 5.74) is 1.48. The van der Waals surface area contributed by atoms with Crippen LogP contribution in [-0.4, -0.2) is 16.1 Å². The summed E-state index contributed by atoms with van der Waals surface area (Å²) in [4.78, 5) is 15.2. The molecule has 1 heterocycles. The highest BCUT2D eigenvalue weighted by Crippen LogP contribution is 2.18. The first kappa shape index (κ1) is 12.9. The third-order valence-corrected chi connectivity index (χ3v) is 2.87. The van der Waals surface area contributed by atoms with E-state index in [0.29, 0.717) is 22.2 Å². The van der Waals surface area contributed by atoms with Crippen molar-refractivity contribution in [2.24, 2.45) is 0 Å². The van der Waals surface area contributed by atoms with E-state index in [1.54, 1.807) is 12.1 Å². The maximum Gasteiger partial charge on any atom is 0.337 e. The van der Waals surface area contributed by atoms with Gasteiger partial charge in [0.2, 0.25) is 0 Å². The largest absolute Gasteiger partial charge is 0.478 e. The van der Waals surface area contributed by atoms with E-state index < -0.39 is 5.97 Å². The molecular weight excluding hydrogens is 273 g/mol. The number of hydrogen-bond donors (Lipinski definition) is 1. The number of carbonyl (C=O) groups is 1. The van der Waals surface area contributed by atoms with Crippen LogP contribution in [0.15, 0.2) is 36.5 Å². The zero-order chi connectivity index (χ0) is 13.1. The number of pyridine rings is 1. The number of rotatable bonds is 3. The van der Waals surface area contributed by atoms with Gasteiger partial charge in [-0.25, -0.2) is 4.79 Å². The minimum Gasteiger partial charge on any atom is -0.478 e. The fraction of sp³-hybridized carbons (Fsp3) is 0.0769. The number of nitrogens with zero attached hydrogens (tertiary/aromatic N) is 1. The Morgan fingerprint density at radius 1 is 1.22 bits per heavy atom. The maximum absolute atomic E-state index is 11.1. The number of aromatic nitrogens is 1. The third-order valence-electron chi connectivity index (χ3n) is 2.43. The first-order valence-electron chi connectivity index (χ1n) is 5.18. The molecule has 0 spiro atoms. The summed E-state index contributed by atoms with van der Waals surface area (Å²) in [7, 11) is 0. The summed E-state index contributed by atoms with van der Waals surface area (Å²) in [5.74, 6) is -1.04. The summed E-state index contributed by atoms with van der Waals surface area (Å²) in [6.07, 6.45) is 1.84. The number of hydrogen-bond acceptors (Lipinski definition) is 2. The van der Waals surface area contributed by atoms with Crippen molar-refractivity contribution in [2.45, 2.75) is 6.42 Å². The molecule has 0 saturated carbocycles. The van der Waals surface area contributed by atoms with Gasteiger partial charge < -0.3 is 5.11 Å². The lowest BCUT2D eigenvalue weighted by molar-refractivity contribution is 0.0695. The molecule has 0 amide bonds. The first-order valence-corrected chi connectivity index (χ1v) is 5.94. The van der Waals surface area contributed by atoms with E-state index in [-0.39, 0.29) is 5.56 Å². The molecule has 0 aliphatic rings. The van der Waals surface area contributed by atoms with Crippen molar-refractivity contribution in [3.63, 3.8) is 0 Å². The molecule has 0 aliphatic heterocycles. The molecule has 5 heteroatoms. The number of halogens is 2. The molecule has 18 heavy (non-hydrogen) atoms. The van der Waals surface area contributed by atoms with Gasteiger partial charge in [-0.2, -0.15) is 0 Å². The standard InChI is InChI=1S/C13H9Cl2NO2/c14-9-3-1-2-8(4-9)5-12-11(13(17)18)6-10(15)7-16-12/h1-4,6-7H,5H2,(H,17,18). The SMILES string of the molecule is O=C(O)c1cc(Cl)cnc1Cc1cccc(Cl)c1. The van der Waals surface area contributed by atoms with E-state index >= 15 is 0 Å². The zero-order valence-electron chi connectivity index (χ0n) is 9.23. The second-order valence-corrected chi connectivity index (χ2v) is 4.63. The van der Waals surface area contributed by atoms with Crippen LogP contribution in [0, 0.1) is 0 Å². The Morgan fingerprint density at radius 2 is 2.00 bits per heavy atom. The number of benzene rings is 1. The summed E-state index contributed by atoms with van der Waals surface area (Å²) in [5, 5.41) is 10.0. The lowest BCUT2D eigenvalue weighted by Gasteiger charge is -2.06. The molecule has 0 aliphatic carbocycles. The molecule has 92 valence electrons. The van der Waals surface area contributed by atoms with Gasteiger partial charge in [-0.05, 0) is 23.8 Å². The van der Waals surface area contributed by atoms with Crippen LogP contribution >= 0.6 is 23.2 Å². The van der Waals surface area contributed by atoms with Crippen molar-refractivity contribution in [1.29, 1.82) is 0 Å². The van der Waals surface area contributed by atoms with Crippen LogP contribution < -0.4 is 0 Å². The Kier molecular flexibility index (Phi) is 3.84. The van der Waals surface area contributed by atoms with Gasteiger partial charge >= 0.3 is 5.97 Å². The minimum absolute atomic E-state index is 0.113. The van der Waals surface area contributed by atoms with Crippen LogP contribution in [0.4, 0.5) is 0 Å². The molecule has 0 atom stereocenters. The molecule has 0 fully saturated rings. The smallest absolute Gasteiger partial charge is 0.337 e. The molecule has 1 aromatic heterocycles. The van der Waals surface area contributed by atoms with Gasteiger partial charge in [-0.3, -0.25) is 4.98 Å². The second kappa shape index (κ2) is 5.38. The van der Waals surface area contributed by atoms with Gasteiger partial charge in [-0.15, -0.1) is 0 Å². The van der Waals surface area contributed by atoms with Gasteiger partial charge in [0.1, 0.15) is 0 Å². The fourth-order valence-electron chi connectivity index (χ4n) is 1.63. The number of carboxylic acid groups (broad SMARTS) is 1. The molecule has 1 N–H and O–H groups in total. The van der Waals surface area contributed by atoms with Gasteiger partial charge in [-0.1, -0.05) is 35.3 Å². The van der Waals surface area contributed by atoms with Crippen LogP contribution in [-0.2, 0) is 6.42 Å². The molecule has 0 radical (unpaired) electrons. The monoisotopic (exact) mass is 281 g/mol. The van der Waals surface area contributed by atoms with Crippen LogP contribution in [0.2, 0.25) is 10.0 Å². The molecule has 0 bridgehead atoms. The zero-order valence-corrected chi connectivity index (χ0v) is 10.7. The van der Waals surface area contributed by atoms with E-state index in [2.05, 4.69) is 4.98 Å². The van der Waals surface area contributed by atoms with Crippen molar-refractivity contribution in [1.82, 2.24) is 4.98 Å². The van der Waals surface area contributed by atoms with E-state index in [9.17, 15) is 4.79 Å². The predicted octanol–water partition coefficient (Wildman–Crippen LogP) is 3.68. The molecule has 2 aromatic rings. The summed E-state index contributed by atoms with van der Waals surface area (Å²) in [6.45, 7) is 0. The van der Waals surface area contributed by atoms with Gasteiger partial charge in [0.25, 0.3) is 0 Å². The molecule has 1 aromatic carbocycles. The van der Waals surface area contributed by atoms with Crippen LogP contribution in [0.5, 0.6) is 0 Å². The first-order chi connectivity index (χ1) is 8.56. The molecule has 0 unspecified atom stereocenters. The highest BCUT2D eigenvalue weighted by atomic mass is 35.5. The Hall–Kier alpha value is -1.58. The number of carboxylic acids is 1. The minimum atomic E-state index is -1.04. The molecule has 2 rings (SSSR count). The average molecular weight is 282 g/mol. The normalized spacial score (nSPS) is 10.3. The van der Waals surface area contributed by atoms with E-state index in [1.165, 1.54) is 12.3 Å². The van der Waals surface area contributed by atoms with Crippen molar-refractivity contribution >= 4 is 29.2 Å². The van der Waals surface area contributed by atoms with E-state index in [0.717, 1.165) is 5.56 Å². The fourth-order valence-corrected chi connectivity index (χ4v) is 2.00. The average Bonchev–Trinajstić information content (AvgIpc) is 2.31. The highest BCUT2D eigenvalue weighted by molar-refractivity contribution is 6.31. The quantitative estimate of drug-likeness (QED) is 0.934. The summed E-state index contributed by atoms with van der Waals surface area (Å²) >= 11 is 11.6. The van der Waals surface area contributed by atoms with Crippen LogP contribution in [0.1, 0.15) is 21.6 Å². The third kappa shape index (κ3) is 3.00. The summed E-state index contributed by atoms with van der Waals surface area (Å²) in [6, 6.07) is 8.63. The predicted molar refractivity (Wildman–Crippen MR) is 70.5 cm³/mol. The Labute approximate surface area is 114 Å². The lowest BCUT2D eigenvalue weighted by Crippen LogP contribution is -2.05. The Morgan fingerprint density at radius 3 is 2.67 bits per heavy atom. The van der Waals surface area contributed by atoms with Gasteiger partial charge in [0, 0.05) is 17.6 Å². The molecular formula is C13H9Cl2NO2. The summed E-state index contributed by atoms with van der Waals surface area (Å²) < 4.78 is 0. The van der Waals surface area contributed by atoms with Crippen molar-refractivity contribution in [3.8, 4) is 0 Å². The van der Waals surface area contributed by atoms with Gasteiger partial charge in [0.15, 0.2) is 0 Å². The van der Waals surface area contributed by atoms with Gasteiger partial charge in [0.05, 0.1) is 16.3 Å². The van der Waals surface area contributed by atoms with Crippen molar-refractivity contribution < 1.29 is 9.90 Å². The second-order valence-electron chi connectivity index (χ2n) is 3.76. The topological polar surface area (TPSA) is 50.2 Å². The van der Waals surface area contributed by atoms with Crippen molar-refractivity contribution in [3.05, 3.63) is 63.4 Å². The molecule has 3 nitrogen and oxygen atoms in total. The Bertz CT molecular complexity index is 599. The van der Waals surface area contributed by atoms with E-state index in [4.69, 9.17) is 28.3 Å². The lowest BCUT2D eigenvalue weighted by atomic mass is 10.1. The number of aromatic carboxylic acids is 1. The maximum atomic E-state index is 11.1. The molecule has 0 saturated heterocycles.